The van der Waals surface area contributed by atoms with Crippen LogP contribution in [0.2, 0.25) is 0 Å². The average Bonchev–Trinajstić information content (AvgIpc) is 3.08. The molecule has 0 aromatic rings. The van der Waals surface area contributed by atoms with Gasteiger partial charge in [-0.05, 0) is 78.3 Å². The molecular weight excluding hydrogens is 208 g/mol. The summed E-state index contributed by atoms with van der Waals surface area (Å²) in [6.07, 6.45) is 8.61. The van der Waals surface area contributed by atoms with Crippen LogP contribution in [0.3, 0.4) is 0 Å². The van der Waals surface area contributed by atoms with Crippen molar-refractivity contribution in [1.29, 1.82) is 0 Å². The fourth-order valence-corrected chi connectivity index (χ4v) is 2.40. The molecule has 2 aliphatic rings. The zero-order valence-corrected chi connectivity index (χ0v) is 12.0. The summed E-state index contributed by atoms with van der Waals surface area (Å²) in [7, 11) is 0. The van der Waals surface area contributed by atoms with Gasteiger partial charge in [-0.1, -0.05) is 0 Å². The number of nitrogens with one attached hydrogen (secondary N) is 1. The molecule has 0 bridgehead atoms. The van der Waals surface area contributed by atoms with Gasteiger partial charge in [-0.3, -0.25) is 0 Å². The van der Waals surface area contributed by atoms with E-state index in [1.54, 1.807) is 0 Å². The van der Waals surface area contributed by atoms with Gasteiger partial charge in [0.2, 0.25) is 0 Å². The van der Waals surface area contributed by atoms with Gasteiger partial charge >= 0.3 is 0 Å². The van der Waals surface area contributed by atoms with Crippen LogP contribution in [0.1, 0.15) is 59.3 Å². The molecule has 0 saturated heterocycles. The summed E-state index contributed by atoms with van der Waals surface area (Å²) in [5.74, 6) is 1.06. The van der Waals surface area contributed by atoms with E-state index in [4.69, 9.17) is 0 Å². The van der Waals surface area contributed by atoms with Crippen LogP contribution in [0.5, 0.6) is 0 Å². The highest BCUT2D eigenvalue weighted by Gasteiger charge is 2.32. The summed E-state index contributed by atoms with van der Waals surface area (Å²) in [6.45, 7) is 10.7. The third-order valence-corrected chi connectivity index (χ3v) is 3.78. The number of unbranched alkanes of at least 4 members (excludes halogenated alkanes) is 1. The molecular formula is C15H30N2. The Morgan fingerprint density at radius 2 is 1.76 bits per heavy atom. The highest BCUT2D eigenvalue weighted by atomic mass is 15.2. The first-order valence-electron chi connectivity index (χ1n) is 7.54. The van der Waals surface area contributed by atoms with Crippen LogP contribution in [-0.2, 0) is 0 Å². The maximum absolute atomic E-state index is 3.58. The zero-order chi connectivity index (χ0) is 12.3. The summed E-state index contributed by atoms with van der Waals surface area (Å²) in [6, 6.07) is 0.964. The number of hydrogen-bond acceptors (Lipinski definition) is 2. The molecule has 1 N–H and O–H groups in total. The third-order valence-electron chi connectivity index (χ3n) is 3.78. The van der Waals surface area contributed by atoms with Crippen LogP contribution < -0.4 is 5.32 Å². The van der Waals surface area contributed by atoms with Crippen LogP contribution in [0, 0.1) is 5.92 Å². The largest absolute Gasteiger partial charge is 0.312 e. The zero-order valence-electron chi connectivity index (χ0n) is 12.0. The van der Waals surface area contributed by atoms with Gasteiger partial charge in [-0.15, -0.1) is 0 Å². The van der Waals surface area contributed by atoms with Crippen LogP contribution in [0.25, 0.3) is 0 Å². The van der Waals surface area contributed by atoms with Crippen molar-refractivity contribution in [3.63, 3.8) is 0 Å². The Balaban J connectivity index is 1.52. The molecule has 2 heteroatoms. The number of nitrogens with zero attached hydrogens (tertiary/aromatic N) is 1. The van der Waals surface area contributed by atoms with Crippen LogP contribution >= 0.6 is 0 Å². The van der Waals surface area contributed by atoms with Crippen molar-refractivity contribution in [2.75, 3.05) is 19.6 Å². The Hall–Kier alpha value is -0.0800. The van der Waals surface area contributed by atoms with E-state index in [1.165, 1.54) is 58.2 Å². The monoisotopic (exact) mass is 238 g/mol. The van der Waals surface area contributed by atoms with Gasteiger partial charge < -0.3 is 10.2 Å². The Labute approximate surface area is 107 Å². The van der Waals surface area contributed by atoms with Gasteiger partial charge in [-0.2, -0.15) is 0 Å². The van der Waals surface area contributed by atoms with E-state index in [0.29, 0.717) is 0 Å². The summed E-state index contributed by atoms with van der Waals surface area (Å²) < 4.78 is 0. The summed E-state index contributed by atoms with van der Waals surface area (Å²) in [5.41, 5.74) is 0.282. The summed E-state index contributed by atoms with van der Waals surface area (Å²) >= 11 is 0. The minimum atomic E-state index is 0.282. The van der Waals surface area contributed by atoms with Crippen molar-refractivity contribution in [2.24, 2.45) is 5.92 Å². The molecule has 0 atom stereocenters. The van der Waals surface area contributed by atoms with Crippen molar-refractivity contribution < 1.29 is 0 Å². The van der Waals surface area contributed by atoms with Crippen molar-refractivity contribution in [2.45, 2.75) is 70.9 Å². The number of rotatable bonds is 8. The fraction of sp³-hybridized carbons (Fsp3) is 1.00. The second kappa shape index (κ2) is 5.71. The fourth-order valence-electron chi connectivity index (χ4n) is 2.40. The van der Waals surface area contributed by atoms with Crippen LogP contribution in [0.4, 0.5) is 0 Å². The Kier molecular flexibility index (Phi) is 4.48. The maximum Gasteiger partial charge on any atom is 0.00965 e. The topological polar surface area (TPSA) is 15.3 Å². The van der Waals surface area contributed by atoms with Crippen molar-refractivity contribution in [1.82, 2.24) is 10.2 Å². The van der Waals surface area contributed by atoms with Crippen LogP contribution in [-0.4, -0.2) is 36.1 Å². The molecule has 0 spiro atoms. The van der Waals surface area contributed by atoms with E-state index in [1.807, 2.05) is 0 Å². The first-order chi connectivity index (χ1) is 8.04. The predicted octanol–water partition coefficient (Wildman–Crippen LogP) is 3.03. The van der Waals surface area contributed by atoms with Gasteiger partial charge in [0, 0.05) is 18.1 Å². The second-order valence-corrected chi connectivity index (χ2v) is 7.05. The standard InChI is InChI=1S/C15H30N2/c1-15(2,3)16-10-4-5-11-17(14-8-9-14)12-13-6-7-13/h13-14,16H,4-12H2,1-3H3. The minimum Gasteiger partial charge on any atom is -0.312 e. The van der Waals surface area contributed by atoms with E-state index in [-0.39, 0.29) is 5.54 Å². The molecule has 2 aliphatic carbocycles. The molecule has 2 fully saturated rings. The van der Waals surface area contributed by atoms with E-state index < -0.39 is 0 Å². The van der Waals surface area contributed by atoms with Gasteiger partial charge in [-0.25, -0.2) is 0 Å². The third kappa shape index (κ3) is 5.87. The second-order valence-electron chi connectivity index (χ2n) is 7.05. The van der Waals surface area contributed by atoms with Gasteiger partial charge in [0.15, 0.2) is 0 Å². The van der Waals surface area contributed by atoms with E-state index in [2.05, 4.69) is 31.0 Å². The lowest BCUT2D eigenvalue weighted by Gasteiger charge is -2.23. The molecule has 0 radical (unpaired) electrons. The highest BCUT2D eigenvalue weighted by Crippen LogP contribution is 2.34. The van der Waals surface area contributed by atoms with Gasteiger partial charge in [0.1, 0.15) is 0 Å². The lowest BCUT2D eigenvalue weighted by Crippen LogP contribution is -2.37. The Morgan fingerprint density at radius 3 is 2.29 bits per heavy atom. The summed E-state index contributed by atoms with van der Waals surface area (Å²) in [5, 5.41) is 3.58. The number of hydrogen-bond donors (Lipinski definition) is 1. The van der Waals surface area contributed by atoms with E-state index in [9.17, 15) is 0 Å². The minimum absolute atomic E-state index is 0.282. The molecule has 0 aliphatic heterocycles. The molecule has 0 aromatic carbocycles. The van der Waals surface area contributed by atoms with Crippen molar-refractivity contribution in [3.8, 4) is 0 Å². The van der Waals surface area contributed by atoms with Gasteiger partial charge in [0.05, 0.1) is 0 Å². The predicted molar refractivity (Wildman–Crippen MR) is 74.3 cm³/mol. The lowest BCUT2D eigenvalue weighted by atomic mass is 10.1. The maximum atomic E-state index is 3.58. The molecule has 17 heavy (non-hydrogen) atoms. The molecule has 2 saturated carbocycles. The van der Waals surface area contributed by atoms with Crippen molar-refractivity contribution in [3.05, 3.63) is 0 Å². The quantitative estimate of drug-likeness (QED) is 0.654. The summed E-state index contributed by atoms with van der Waals surface area (Å²) in [4.78, 5) is 2.77. The van der Waals surface area contributed by atoms with Crippen molar-refractivity contribution >= 4 is 0 Å². The smallest absolute Gasteiger partial charge is 0.00965 e. The molecule has 0 unspecified atom stereocenters. The molecule has 0 amide bonds. The molecule has 2 nitrogen and oxygen atoms in total. The molecule has 0 heterocycles. The Bertz CT molecular complexity index is 224. The lowest BCUT2D eigenvalue weighted by molar-refractivity contribution is 0.246. The average molecular weight is 238 g/mol. The molecule has 2 rings (SSSR count). The highest BCUT2D eigenvalue weighted by molar-refractivity contribution is 4.88. The molecule has 0 aromatic heterocycles. The van der Waals surface area contributed by atoms with Gasteiger partial charge in [0.25, 0.3) is 0 Å². The van der Waals surface area contributed by atoms with E-state index in [0.717, 1.165) is 12.0 Å². The molecule has 100 valence electrons. The Morgan fingerprint density at radius 1 is 1.06 bits per heavy atom. The normalized spacial score (nSPS) is 21.2. The van der Waals surface area contributed by atoms with E-state index >= 15 is 0 Å². The first-order valence-corrected chi connectivity index (χ1v) is 7.54. The van der Waals surface area contributed by atoms with Crippen LogP contribution in [0.15, 0.2) is 0 Å². The SMILES string of the molecule is CC(C)(C)NCCCCN(CC1CC1)C1CC1. The first kappa shape index (κ1) is 13.4.